The molecule has 0 fully saturated rings. The molecule has 0 aliphatic heterocycles. The van der Waals surface area contributed by atoms with Crippen LogP contribution in [0.2, 0.25) is 0 Å². The van der Waals surface area contributed by atoms with E-state index in [9.17, 15) is 5.21 Å². The number of hydrogen-bond donors (Lipinski definition) is 1. The molecule has 0 aliphatic rings. The molecule has 1 N–H and O–H groups in total. The van der Waals surface area contributed by atoms with Crippen LogP contribution in [0.4, 0.5) is 0 Å². The fourth-order valence-corrected chi connectivity index (χ4v) is 4.66. The Morgan fingerprint density at radius 1 is 1.00 bits per heavy atom. The van der Waals surface area contributed by atoms with E-state index in [1.165, 1.54) is 22.3 Å². The van der Waals surface area contributed by atoms with E-state index in [4.69, 9.17) is 0 Å². The van der Waals surface area contributed by atoms with Crippen molar-refractivity contribution in [2.24, 2.45) is 5.16 Å². The third-order valence-corrected chi connectivity index (χ3v) is 5.85. The lowest BCUT2D eigenvalue weighted by molar-refractivity contribution is 0.320. The van der Waals surface area contributed by atoms with Gasteiger partial charge in [0, 0.05) is 0 Å². The predicted octanol–water partition coefficient (Wildman–Crippen LogP) is 4.78. The first-order chi connectivity index (χ1) is 9.13. The second kappa shape index (κ2) is 5.88. The SMILES string of the molecule is CCc1csc(C(=NO)c2scc(CC)c2C)c1C. The highest BCUT2D eigenvalue weighted by atomic mass is 32.1. The highest BCUT2D eigenvalue weighted by Gasteiger charge is 2.19. The molecule has 2 heterocycles. The van der Waals surface area contributed by atoms with Crippen molar-refractivity contribution in [2.75, 3.05) is 0 Å². The summed E-state index contributed by atoms with van der Waals surface area (Å²) in [6.07, 6.45) is 2.04. The number of thiophene rings is 2. The molecule has 0 atom stereocenters. The third kappa shape index (κ3) is 2.47. The topological polar surface area (TPSA) is 32.6 Å². The maximum atomic E-state index is 9.45. The van der Waals surface area contributed by atoms with Crippen LogP contribution in [0.5, 0.6) is 0 Å². The molecule has 0 saturated heterocycles. The molecule has 19 heavy (non-hydrogen) atoms. The van der Waals surface area contributed by atoms with E-state index < -0.39 is 0 Å². The van der Waals surface area contributed by atoms with E-state index in [1.807, 2.05) is 0 Å². The summed E-state index contributed by atoms with van der Waals surface area (Å²) in [4.78, 5) is 2.18. The first-order valence-electron chi connectivity index (χ1n) is 6.50. The molecule has 0 bridgehead atoms. The van der Waals surface area contributed by atoms with Gasteiger partial charge in [0.05, 0.1) is 9.75 Å². The number of aryl methyl sites for hydroxylation is 2. The zero-order chi connectivity index (χ0) is 14.0. The lowest BCUT2D eigenvalue weighted by atomic mass is 10.0. The summed E-state index contributed by atoms with van der Waals surface area (Å²) in [5, 5.41) is 17.4. The van der Waals surface area contributed by atoms with Gasteiger partial charge in [-0.05, 0) is 59.7 Å². The van der Waals surface area contributed by atoms with Crippen molar-refractivity contribution in [3.05, 3.63) is 42.8 Å². The maximum absolute atomic E-state index is 9.45. The quantitative estimate of drug-likeness (QED) is 0.491. The molecule has 2 rings (SSSR count). The highest BCUT2D eigenvalue weighted by Crippen LogP contribution is 2.30. The molecule has 0 unspecified atom stereocenters. The first kappa shape index (κ1) is 14.3. The van der Waals surface area contributed by atoms with Crippen molar-refractivity contribution in [1.82, 2.24) is 0 Å². The van der Waals surface area contributed by atoms with Gasteiger partial charge in [-0.15, -0.1) is 22.7 Å². The number of oxime groups is 1. The Morgan fingerprint density at radius 2 is 1.42 bits per heavy atom. The van der Waals surface area contributed by atoms with Crippen molar-refractivity contribution >= 4 is 28.4 Å². The van der Waals surface area contributed by atoms with Crippen LogP contribution < -0.4 is 0 Å². The van der Waals surface area contributed by atoms with Crippen LogP contribution in [0.3, 0.4) is 0 Å². The van der Waals surface area contributed by atoms with Gasteiger partial charge in [-0.2, -0.15) is 0 Å². The summed E-state index contributed by atoms with van der Waals surface area (Å²) in [6.45, 7) is 8.53. The monoisotopic (exact) mass is 293 g/mol. The van der Waals surface area contributed by atoms with Crippen LogP contribution in [-0.2, 0) is 12.8 Å². The van der Waals surface area contributed by atoms with Crippen molar-refractivity contribution in [1.29, 1.82) is 0 Å². The van der Waals surface area contributed by atoms with Crippen LogP contribution >= 0.6 is 22.7 Å². The second-order valence-corrected chi connectivity index (χ2v) is 6.35. The lowest BCUT2D eigenvalue weighted by Gasteiger charge is -2.04. The summed E-state index contributed by atoms with van der Waals surface area (Å²) in [5.74, 6) is 0. The van der Waals surface area contributed by atoms with E-state index in [0.717, 1.165) is 28.3 Å². The molecule has 0 saturated carbocycles. The highest BCUT2D eigenvalue weighted by molar-refractivity contribution is 7.16. The molecule has 102 valence electrons. The Morgan fingerprint density at radius 3 is 1.68 bits per heavy atom. The van der Waals surface area contributed by atoms with E-state index in [1.54, 1.807) is 22.7 Å². The van der Waals surface area contributed by atoms with Crippen molar-refractivity contribution < 1.29 is 5.21 Å². The van der Waals surface area contributed by atoms with E-state index in [0.29, 0.717) is 0 Å². The molecule has 0 radical (unpaired) electrons. The Hall–Kier alpha value is -1.13. The zero-order valence-corrected chi connectivity index (χ0v) is 13.4. The normalized spacial score (nSPS) is 10.7. The Labute approximate surface area is 122 Å². The lowest BCUT2D eigenvalue weighted by Crippen LogP contribution is -2.03. The zero-order valence-electron chi connectivity index (χ0n) is 11.8. The van der Waals surface area contributed by atoms with Crippen LogP contribution in [0.15, 0.2) is 15.9 Å². The van der Waals surface area contributed by atoms with E-state index >= 15 is 0 Å². The molecular formula is C15H19NOS2. The minimum Gasteiger partial charge on any atom is -0.410 e. The van der Waals surface area contributed by atoms with Gasteiger partial charge in [0.2, 0.25) is 0 Å². The average molecular weight is 293 g/mol. The fraction of sp³-hybridized carbons (Fsp3) is 0.400. The van der Waals surface area contributed by atoms with Gasteiger partial charge >= 0.3 is 0 Å². The van der Waals surface area contributed by atoms with Gasteiger partial charge < -0.3 is 5.21 Å². The summed E-state index contributed by atoms with van der Waals surface area (Å²) in [5.41, 5.74) is 5.89. The second-order valence-electron chi connectivity index (χ2n) is 4.59. The summed E-state index contributed by atoms with van der Waals surface area (Å²) < 4.78 is 0. The fourth-order valence-electron chi connectivity index (χ4n) is 2.26. The molecule has 0 aromatic carbocycles. The maximum Gasteiger partial charge on any atom is 0.137 e. The van der Waals surface area contributed by atoms with Gasteiger partial charge in [-0.25, -0.2) is 0 Å². The van der Waals surface area contributed by atoms with Crippen molar-refractivity contribution in [3.8, 4) is 0 Å². The summed E-state index contributed by atoms with van der Waals surface area (Å²) in [7, 11) is 0. The predicted molar refractivity (Wildman–Crippen MR) is 84.3 cm³/mol. The van der Waals surface area contributed by atoms with Gasteiger partial charge in [-0.3, -0.25) is 0 Å². The number of rotatable bonds is 4. The van der Waals surface area contributed by atoms with Crippen LogP contribution in [0.25, 0.3) is 0 Å². The standard InChI is InChI=1S/C15H19NOS2/c1-5-11-7-18-14(9(11)3)13(16-17)15-10(4)12(6-2)8-19-15/h7-8,17H,5-6H2,1-4H3. The van der Waals surface area contributed by atoms with Crippen molar-refractivity contribution in [3.63, 3.8) is 0 Å². The Balaban J connectivity index is 2.51. The van der Waals surface area contributed by atoms with E-state index in [2.05, 4.69) is 43.6 Å². The van der Waals surface area contributed by atoms with Gasteiger partial charge in [0.1, 0.15) is 5.71 Å². The molecule has 0 aliphatic carbocycles. The van der Waals surface area contributed by atoms with Gasteiger partial charge in [0.25, 0.3) is 0 Å². The summed E-state index contributed by atoms with van der Waals surface area (Å²) >= 11 is 3.34. The number of hydrogen-bond acceptors (Lipinski definition) is 4. The Bertz CT molecular complexity index is 557. The average Bonchev–Trinajstić information content (AvgIpc) is 2.96. The molecule has 2 aromatic heterocycles. The first-order valence-corrected chi connectivity index (χ1v) is 8.26. The minimum atomic E-state index is 0.726. The molecular weight excluding hydrogens is 274 g/mol. The third-order valence-electron chi connectivity index (χ3n) is 3.57. The number of nitrogens with zero attached hydrogens (tertiary/aromatic N) is 1. The van der Waals surface area contributed by atoms with Crippen LogP contribution in [0, 0.1) is 13.8 Å². The minimum absolute atomic E-state index is 0.726. The van der Waals surface area contributed by atoms with Crippen LogP contribution in [0.1, 0.15) is 45.9 Å². The molecule has 0 amide bonds. The molecule has 2 nitrogen and oxygen atoms in total. The Kier molecular flexibility index (Phi) is 4.42. The van der Waals surface area contributed by atoms with Crippen LogP contribution in [-0.4, -0.2) is 10.9 Å². The molecule has 2 aromatic rings. The summed E-state index contributed by atoms with van der Waals surface area (Å²) in [6, 6.07) is 0. The molecule has 4 heteroatoms. The largest absolute Gasteiger partial charge is 0.410 e. The smallest absolute Gasteiger partial charge is 0.137 e. The van der Waals surface area contributed by atoms with E-state index in [-0.39, 0.29) is 0 Å². The molecule has 0 spiro atoms. The van der Waals surface area contributed by atoms with Gasteiger partial charge in [0.15, 0.2) is 0 Å². The van der Waals surface area contributed by atoms with Crippen molar-refractivity contribution in [2.45, 2.75) is 40.5 Å². The van der Waals surface area contributed by atoms with Gasteiger partial charge in [-0.1, -0.05) is 19.0 Å².